The summed E-state index contributed by atoms with van der Waals surface area (Å²) >= 11 is 0. The Morgan fingerprint density at radius 3 is 1.21 bits per heavy atom. The fraction of sp³-hybridized carbons (Fsp3) is 0.349. The lowest BCUT2D eigenvalue weighted by Gasteiger charge is -2.42. The van der Waals surface area contributed by atoms with Gasteiger partial charge in [-0.1, -0.05) is 149 Å². The van der Waals surface area contributed by atoms with Gasteiger partial charge in [0.25, 0.3) is 0 Å². The van der Waals surface area contributed by atoms with Gasteiger partial charge in [0.15, 0.2) is 0 Å². The second-order valence-electron chi connectivity index (χ2n) is 13.8. The van der Waals surface area contributed by atoms with Crippen LogP contribution in [0.4, 0.5) is 0 Å². The van der Waals surface area contributed by atoms with E-state index in [4.69, 9.17) is 15.2 Å². The molecule has 274 valence electrons. The van der Waals surface area contributed by atoms with E-state index < -0.39 is 65.6 Å². The molecule has 0 heterocycles. The van der Waals surface area contributed by atoms with E-state index in [-0.39, 0.29) is 26.1 Å². The van der Waals surface area contributed by atoms with Gasteiger partial charge < -0.3 is 25.2 Å². The van der Waals surface area contributed by atoms with Gasteiger partial charge >= 0.3 is 11.9 Å². The lowest BCUT2D eigenvalue weighted by Crippen LogP contribution is -2.61. The molecule has 4 rings (SSSR count). The van der Waals surface area contributed by atoms with Crippen molar-refractivity contribution in [2.45, 2.75) is 71.9 Å². The molecule has 9 nitrogen and oxygen atoms in total. The number of hydrogen-bond donors (Lipinski definition) is 2. The van der Waals surface area contributed by atoms with Crippen LogP contribution in [0.25, 0.3) is 0 Å². The predicted octanol–water partition coefficient (Wildman–Crippen LogP) is 5.92. The number of rotatable bonds is 18. The van der Waals surface area contributed by atoms with Crippen LogP contribution in [0.3, 0.4) is 0 Å². The highest BCUT2D eigenvalue weighted by molar-refractivity contribution is 5.92. The minimum Gasteiger partial charge on any atom is -0.459 e. The lowest BCUT2D eigenvalue weighted by atomic mass is 9.81. The summed E-state index contributed by atoms with van der Waals surface area (Å²) in [5, 5.41) is 12.1. The first-order chi connectivity index (χ1) is 25.0. The number of nitrogens with zero attached hydrogens (tertiary/aromatic N) is 1. The molecule has 52 heavy (non-hydrogen) atoms. The van der Waals surface area contributed by atoms with E-state index in [1.54, 1.807) is 27.7 Å². The van der Waals surface area contributed by atoms with Crippen molar-refractivity contribution in [1.29, 1.82) is 0 Å². The zero-order valence-corrected chi connectivity index (χ0v) is 30.3. The van der Waals surface area contributed by atoms with Crippen molar-refractivity contribution in [3.8, 4) is 0 Å². The van der Waals surface area contributed by atoms with Crippen LogP contribution in [0.15, 0.2) is 121 Å². The molecule has 5 atom stereocenters. The van der Waals surface area contributed by atoms with E-state index in [0.29, 0.717) is 5.56 Å². The highest BCUT2D eigenvalue weighted by Gasteiger charge is 2.48. The summed E-state index contributed by atoms with van der Waals surface area (Å²) < 4.78 is 11.6. The van der Waals surface area contributed by atoms with E-state index in [9.17, 15) is 19.5 Å². The predicted molar refractivity (Wildman–Crippen MR) is 199 cm³/mol. The quantitative estimate of drug-likeness (QED) is 0.123. The van der Waals surface area contributed by atoms with E-state index in [0.717, 1.165) is 16.7 Å². The fourth-order valence-corrected chi connectivity index (χ4v) is 6.44. The third-order valence-corrected chi connectivity index (χ3v) is 9.15. The second-order valence-corrected chi connectivity index (χ2v) is 13.8. The van der Waals surface area contributed by atoms with Gasteiger partial charge in [0.05, 0.1) is 17.9 Å². The highest BCUT2D eigenvalue weighted by Crippen LogP contribution is 2.30. The highest BCUT2D eigenvalue weighted by atomic mass is 16.5. The number of aliphatic hydroxyl groups excluding tert-OH is 1. The van der Waals surface area contributed by atoms with E-state index in [1.165, 1.54) is 4.90 Å². The topological polar surface area (TPSA) is 136 Å². The Balaban J connectivity index is 1.81. The van der Waals surface area contributed by atoms with Crippen molar-refractivity contribution in [3.05, 3.63) is 144 Å². The summed E-state index contributed by atoms with van der Waals surface area (Å²) in [5.74, 6) is -6.39. The molecule has 0 saturated carbocycles. The number of primary amides is 1. The standard InChI is InChI=1S/C43H50N2O7/c1-29(2)37(42(49)51-27-33-21-13-7-14-22-33)45(38(30(3)4)43(50)52-28-34-23-15-8-16-24-34)41(48)36(26-32-19-11-6-12-20-32)39(46)35(40(44)47)25-31-17-9-5-10-18-31/h5-24,29-30,35-39,46H,25-28H2,1-4H3,(H2,44,47). The van der Waals surface area contributed by atoms with Gasteiger partial charge in [-0.05, 0) is 46.9 Å². The van der Waals surface area contributed by atoms with E-state index in [1.807, 2.05) is 121 Å². The van der Waals surface area contributed by atoms with Crippen LogP contribution in [-0.4, -0.2) is 51.9 Å². The SMILES string of the molecule is CC(C)C(C(=O)OCc1ccccc1)N(C(=O)C(Cc1ccccc1)C(O)C(Cc1ccccc1)C(N)=O)C(C(=O)OCc1ccccc1)C(C)C. The van der Waals surface area contributed by atoms with Crippen LogP contribution in [0.1, 0.15) is 49.9 Å². The van der Waals surface area contributed by atoms with E-state index >= 15 is 4.79 Å². The number of nitrogens with two attached hydrogens (primary N) is 1. The minimum atomic E-state index is -1.57. The summed E-state index contributed by atoms with van der Waals surface area (Å²) in [6.45, 7) is 6.98. The summed E-state index contributed by atoms with van der Waals surface area (Å²) in [7, 11) is 0. The molecule has 0 fully saturated rings. The largest absolute Gasteiger partial charge is 0.459 e. The first-order valence-corrected chi connectivity index (χ1v) is 17.8. The molecule has 0 aliphatic heterocycles. The van der Waals surface area contributed by atoms with Crippen LogP contribution < -0.4 is 5.73 Å². The minimum absolute atomic E-state index is 0.00364. The molecule has 0 saturated heterocycles. The molecule has 0 aromatic heterocycles. The summed E-state index contributed by atoms with van der Waals surface area (Å²) in [6, 6.07) is 34.0. The number of esters is 2. The average Bonchev–Trinajstić information content (AvgIpc) is 3.14. The van der Waals surface area contributed by atoms with Gasteiger partial charge in [-0.3, -0.25) is 9.59 Å². The molecule has 3 N–H and O–H groups in total. The monoisotopic (exact) mass is 706 g/mol. The lowest BCUT2D eigenvalue weighted by molar-refractivity contribution is -0.173. The zero-order valence-electron chi connectivity index (χ0n) is 30.3. The first kappa shape index (κ1) is 39.5. The Morgan fingerprint density at radius 1 is 0.558 bits per heavy atom. The molecule has 4 aromatic carbocycles. The molecular weight excluding hydrogens is 656 g/mol. The van der Waals surface area contributed by atoms with Crippen LogP contribution in [-0.2, 0) is 54.7 Å². The van der Waals surface area contributed by atoms with Gasteiger partial charge in [0, 0.05) is 0 Å². The molecule has 0 spiro atoms. The summed E-state index contributed by atoms with van der Waals surface area (Å²) in [4.78, 5) is 57.9. The maximum Gasteiger partial charge on any atom is 0.329 e. The number of benzene rings is 4. The number of carbonyl (C=O) groups is 4. The van der Waals surface area contributed by atoms with E-state index in [2.05, 4.69) is 0 Å². The van der Waals surface area contributed by atoms with Crippen molar-refractivity contribution in [1.82, 2.24) is 4.90 Å². The zero-order chi connectivity index (χ0) is 37.6. The number of hydrogen-bond acceptors (Lipinski definition) is 7. The number of aliphatic hydroxyl groups is 1. The van der Waals surface area contributed by atoms with Crippen LogP contribution in [0.2, 0.25) is 0 Å². The maximum atomic E-state index is 15.3. The smallest absolute Gasteiger partial charge is 0.329 e. The van der Waals surface area contributed by atoms with Gasteiger partial charge in [-0.15, -0.1) is 0 Å². The third kappa shape index (κ3) is 10.9. The molecule has 0 aliphatic carbocycles. The van der Waals surface area contributed by atoms with Gasteiger partial charge in [0.2, 0.25) is 11.8 Å². The van der Waals surface area contributed by atoms with Crippen molar-refractivity contribution < 1.29 is 33.8 Å². The summed E-state index contributed by atoms with van der Waals surface area (Å²) in [5.41, 5.74) is 8.89. The van der Waals surface area contributed by atoms with Gasteiger partial charge in [-0.2, -0.15) is 0 Å². The number of ether oxygens (including phenoxy) is 2. The molecule has 5 unspecified atom stereocenters. The Labute approximate surface area is 306 Å². The molecule has 2 amide bonds. The second kappa shape index (κ2) is 19.4. The molecule has 0 radical (unpaired) electrons. The fourth-order valence-electron chi connectivity index (χ4n) is 6.44. The maximum absolute atomic E-state index is 15.3. The molecule has 9 heteroatoms. The van der Waals surface area contributed by atoms with Gasteiger partial charge in [-0.25, -0.2) is 9.59 Å². The summed E-state index contributed by atoms with van der Waals surface area (Å²) in [6.07, 6.45) is -1.49. The Morgan fingerprint density at radius 2 is 0.885 bits per heavy atom. The van der Waals surface area contributed by atoms with Crippen molar-refractivity contribution in [2.24, 2.45) is 29.4 Å². The number of carbonyl (C=O) groups excluding carboxylic acids is 4. The molecule has 4 aromatic rings. The Hall–Kier alpha value is -5.28. The molecule has 0 aliphatic rings. The van der Waals surface area contributed by atoms with Crippen molar-refractivity contribution in [3.63, 3.8) is 0 Å². The van der Waals surface area contributed by atoms with Crippen LogP contribution >= 0.6 is 0 Å². The van der Waals surface area contributed by atoms with Crippen LogP contribution in [0, 0.1) is 23.7 Å². The van der Waals surface area contributed by atoms with Crippen molar-refractivity contribution in [2.75, 3.05) is 0 Å². The third-order valence-electron chi connectivity index (χ3n) is 9.15. The normalized spacial score (nSPS) is 14.1. The first-order valence-electron chi connectivity index (χ1n) is 17.8. The Bertz CT molecular complexity index is 1650. The number of amides is 2. The van der Waals surface area contributed by atoms with Crippen LogP contribution in [0.5, 0.6) is 0 Å². The molecule has 0 bridgehead atoms. The van der Waals surface area contributed by atoms with Crippen molar-refractivity contribution >= 4 is 23.8 Å². The Kier molecular flexibility index (Phi) is 14.7. The average molecular weight is 707 g/mol. The van der Waals surface area contributed by atoms with Gasteiger partial charge in [0.1, 0.15) is 25.3 Å². The molecular formula is C43H50N2O7.